The average molecular weight is 255 g/mol. The first-order valence-electron chi connectivity index (χ1n) is 3.58. The second-order valence-corrected chi connectivity index (χ2v) is 3.14. The lowest BCUT2D eigenvalue weighted by Crippen LogP contribution is -2.14. The van der Waals surface area contributed by atoms with Gasteiger partial charge in [0, 0.05) is 0 Å². The quantitative estimate of drug-likeness (QED) is 0.608. The number of pyridine rings is 1. The number of aliphatic hydroxyl groups is 1. The van der Waals surface area contributed by atoms with E-state index >= 15 is 0 Å². The van der Waals surface area contributed by atoms with Crippen LogP contribution in [0.4, 0.5) is 10.1 Å². The zero-order valence-corrected chi connectivity index (χ0v) is 8.64. The molecule has 0 saturated heterocycles. The van der Waals surface area contributed by atoms with Gasteiger partial charge < -0.3 is 15.6 Å². The average Bonchev–Trinajstić information content (AvgIpc) is 2.22. The molecular formula is C7H5Cl2FN2O3. The Bertz CT molecular complexity index is 414. The monoisotopic (exact) mass is 254 g/mol. The summed E-state index contributed by atoms with van der Waals surface area (Å²) < 4.78 is 17.3. The number of hydrogen-bond donors (Lipinski definition) is 2. The minimum atomic E-state index is -1.11. The molecule has 82 valence electrons. The van der Waals surface area contributed by atoms with Crippen LogP contribution in [0.2, 0.25) is 10.0 Å². The number of esters is 1. The maximum Gasteiger partial charge on any atom is 0.338 e. The van der Waals surface area contributed by atoms with E-state index in [1.165, 1.54) is 0 Å². The number of aliphatic hydroxyl groups excluding tert-OH is 1. The number of carbonyl (C=O) groups excluding carboxylic acids is 1. The van der Waals surface area contributed by atoms with Crippen molar-refractivity contribution in [3.8, 4) is 5.88 Å². The van der Waals surface area contributed by atoms with E-state index in [0.29, 0.717) is 0 Å². The van der Waals surface area contributed by atoms with Crippen molar-refractivity contribution in [3.05, 3.63) is 16.0 Å². The van der Waals surface area contributed by atoms with Gasteiger partial charge >= 0.3 is 5.97 Å². The van der Waals surface area contributed by atoms with Gasteiger partial charge in [0.15, 0.2) is 0 Å². The number of ether oxygens (including phenoxy) is 1. The van der Waals surface area contributed by atoms with E-state index in [1.54, 1.807) is 0 Å². The summed E-state index contributed by atoms with van der Waals surface area (Å²) in [6.07, 6.45) is 0. The summed E-state index contributed by atoms with van der Waals surface area (Å²) in [4.78, 5) is 13.8. The van der Waals surface area contributed by atoms with Crippen LogP contribution in [0.1, 0.15) is 0 Å². The number of nitrogen functional groups attached to an aromatic ring is 1. The van der Waals surface area contributed by atoms with Gasteiger partial charge in [-0.1, -0.05) is 23.2 Å². The van der Waals surface area contributed by atoms with Crippen LogP contribution in [0.15, 0.2) is 0 Å². The smallest absolute Gasteiger partial charge is 0.338 e. The Kier molecular flexibility index (Phi) is 3.67. The second-order valence-electron chi connectivity index (χ2n) is 2.38. The number of nitrogens with zero attached hydrogens (tertiary/aromatic N) is 1. The van der Waals surface area contributed by atoms with E-state index < -0.39 is 29.4 Å². The zero-order chi connectivity index (χ0) is 11.6. The number of rotatable bonds is 2. The maximum atomic E-state index is 12.9. The molecule has 0 saturated carbocycles. The standard InChI is InChI=1S/C7H5Cl2FN2O3/c8-3-5(11)4(9)7(12-6(3)10)15-2(14)1-13/h13H,1H2,(H2,11,12). The molecule has 8 heteroatoms. The second kappa shape index (κ2) is 4.61. The summed E-state index contributed by atoms with van der Waals surface area (Å²) in [6, 6.07) is 0. The largest absolute Gasteiger partial charge is 0.404 e. The van der Waals surface area contributed by atoms with Crippen molar-refractivity contribution in [1.29, 1.82) is 0 Å². The highest BCUT2D eigenvalue weighted by molar-refractivity contribution is 6.39. The summed E-state index contributed by atoms with van der Waals surface area (Å²) in [6.45, 7) is -0.887. The van der Waals surface area contributed by atoms with Crippen molar-refractivity contribution in [1.82, 2.24) is 4.98 Å². The molecule has 0 aromatic carbocycles. The molecule has 0 amide bonds. The lowest BCUT2D eigenvalue weighted by Gasteiger charge is -2.07. The van der Waals surface area contributed by atoms with Gasteiger partial charge in [0.1, 0.15) is 16.7 Å². The molecule has 0 radical (unpaired) electrons. The van der Waals surface area contributed by atoms with Crippen LogP contribution in [0, 0.1) is 5.95 Å². The predicted octanol–water partition coefficient (Wildman–Crippen LogP) is 1.01. The molecule has 5 nitrogen and oxygen atoms in total. The van der Waals surface area contributed by atoms with Crippen molar-refractivity contribution in [2.45, 2.75) is 0 Å². The van der Waals surface area contributed by atoms with Gasteiger partial charge in [0.25, 0.3) is 0 Å². The van der Waals surface area contributed by atoms with E-state index in [2.05, 4.69) is 9.72 Å². The fourth-order valence-electron chi connectivity index (χ4n) is 0.718. The molecule has 0 aliphatic carbocycles. The van der Waals surface area contributed by atoms with Gasteiger partial charge in [-0.25, -0.2) is 4.79 Å². The Labute approximate surface area is 93.6 Å². The first-order chi connectivity index (χ1) is 6.97. The SMILES string of the molecule is Nc1c(Cl)c(F)nc(OC(=O)CO)c1Cl. The number of hydrogen-bond acceptors (Lipinski definition) is 5. The number of nitrogens with two attached hydrogens (primary N) is 1. The highest BCUT2D eigenvalue weighted by atomic mass is 35.5. The van der Waals surface area contributed by atoms with Crippen LogP contribution in [0.3, 0.4) is 0 Å². The Morgan fingerprint density at radius 1 is 1.53 bits per heavy atom. The molecule has 1 aromatic rings. The highest BCUT2D eigenvalue weighted by Crippen LogP contribution is 2.35. The molecule has 1 aromatic heterocycles. The van der Waals surface area contributed by atoms with Crippen molar-refractivity contribution in [2.75, 3.05) is 12.3 Å². The van der Waals surface area contributed by atoms with Crippen molar-refractivity contribution >= 4 is 34.9 Å². The molecule has 0 bridgehead atoms. The Balaban J connectivity index is 3.15. The number of halogens is 3. The third-order valence-corrected chi connectivity index (χ3v) is 2.11. The third-order valence-electron chi connectivity index (χ3n) is 1.38. The minimum Gasteiger partial charge on any atom is -0.404 e. The van der Waals surface area contributed by atoms with Gasteiger partial charge in [-0.05, 0) is 0 Å². The van der Waals surface area contributed by atoms with Crippen LogP contribution >= 0.6 is 23.2 Å². The topological polar surface area (TPSA) is 85.4 Å². The molecule has 0 aliphatic heterocycles. The molecule has 15 heavy (non-hydrogen) atoms. The van der Waals surface area contributed by atoms with Crippen LogP contribution in [-0.4, -0.2) is 22.7 Å². The predicted molar refractivity (Wildman–Crippen MR) is 51.3 cm³/mol. The summed E-state index contributed by atoms with van der Waals surface area (Å²) in [7, 11) is 0. The molecule has 0 fully saturated rings. The maximum absolute atomic E-state index is 12.9. The van der Waals surface area contributed by atoms with Gasteiger partial charge in [0.2, 0.25) is 11.8 Å². The van der Waals surface area contributed by atoms with Crippen LogP contribution < -0.4 is 10.5 Å². The van der Waals surface area contributed by atoms with Gasteiger partial charge in [-0.2, -0.15) is 9.37 Å². The van der Waals surface area contributed by atoms with Gasteiger partial charge in [0.05, 0.1) is 5.69 Å². The van der Waals surface area contributed by atoms with Crippen LogP contribution in [0.25, 0.3) is 0 Å². The molecule has 0 aliphatic rings. The fraction of sp³-hybridized carbons (Fsp3) is 0.143. The van der Waals surface area contributed by atoms with Crippen LogP contribution in [-0.2, 0) is 4.79 Å². The highest BCUT2D eigenvalue weighted by Gasteiger charge is 2.18. The molecule has 0 spiro atoms. The fourth-order valence-corrected chi connectivity index (χ4v) is 1.08. The number of aromatic nitrogens is 1. The number of carbonyl (C=O) groups is 1. The summed E-state index contributed by atoms with van der Waals surface area (Å²) in [5.41, 5.74) is 5.02. The van der Waals surface area contributed by atoms with E-state index in [-0.39, 0.29) is 10.7 Å². The first-order valence-corrected chi connectivity index (χ1v) is 4.34. The Morgan fingerprint density at radius 3 is 2.67 bits per heavy atom. The lowest BCUT2D eigenvalue weighted by atomic mass is 10.4. The molecule has 0 atom stereocenters. The van der Waals surface area contributed by atoms with Crippen molar-refractivity contribution in [2.24, 2.45) is 0 Å². The summed E-state index contributed by atoms with van der Waals surface area (Å²) in [5.74, 6) is -2.68. The molecule has 3 N–H and O–H groups in total. The Hall–Kier alpha value is -1.11. The van der Waals surface area contributed by atoms with Gasteiger partial charge in [-0.3, -0.25) is 0 Å². The zero-order valence-electron chi connectivity index (χ0n) is 7.13. The lowest BCUT2D eigenvalue weighted by molar-refractivity contribution is -0.137. The normalized spacial score (nSPS) is 10.1. The van der Waals surface area contributed by atoms with E-state index in [9.17, 15) is 9.18 Å². The molecule has 0 unspecified atom stereocenters. The van der Waals surface area contributed by atoms with Gasteiger partial charge in [-0.15, -0.1) is 0 Å². The molecular weight excluding hydrogens is 250 g/mol. The Morgan fingerprint density at radius 2 is 2.13 bits per heavy atom. The van der Waals surface area contributed by atoms with E-state index in [1.807, 2.05) is 0 Å². The van der Waals surface area contributed by atoms with Crippen molar-refractivity contribution < 1.29 is 19.0 Å². The molecule has 1 heterocycles. The van der Waals surface area contributed by atoms with E-state index in [4.69, 9.17) is 34.0 Å². The summed E-state index contributed by atoms with van der Waals surface area (Å²) >= 11 is 11.0. The molecule has 1 rings (SSSR count). The van der Waals surface area contributed by atoms with Crippen molar-refractivity contribution in [3.63, 3.8) is 0 Å². The van der Waals surface area contributed by atoms with E-state index in [0.717, 1.165) is 0 Å². The first kappa shape index (κ1) is 12.0. The minimum absolute atomic E-state index is 0.286. The van der Waals surface area contributed by atoms with Crippen LogP contribution in [0.5, 0.6) is 5.88 Å². The number of anilines is 1. The third kappa shape index (κ3) is 2.47. The summed E-state index contributed by atoms with van der Waals surface area (Å²) in [5, 5.41) is 7.64.